The van der Waals surface area contributed by atoms with Gasteiger partial charge in [0, 0.05) is 17.6 Å². The first-order valence-corrected chi connectivity index (χ1v) is 7.24. The summed E-state index contributed by atoms with van der Waals surface area (Å²) in [6.45, 7) is 3.60. The summed E-state index contributed by atoms with van der Waals surface area (Å²) in [5.74, 6) is -0.482. The molecule has 0 saturated carbocycles. The highest BCUT2D eigenvalue weighted by atomic mass is 35.5. The first kappa shape index (κ1) is 15.4. The summed E-state index contributed by atoms with van der Waals surface area (Å²) in [7, 11) is 0. The molecule has 1 aromatic carbocycles. The number of nitro benzene ring substituents is 1. The molecule has 0 bridgehead atoms. The molecule has 0 fully saturated rings. The maximum Gasteiger partial charge on any atom is 0.288 e. The molecule has 21 heavy (non-hydrogen) atoms. The Balaban J connectivity index is 2.29. The zero-order valence-electron chi connectivity index (χ0n) is 11.3. The second-order valence-corrected chi connectivity index (χ2v) is 6.08. The van der Waals surface area contributed by atoms with Crippen molar-refractivity contribution in [2.45, 2.75) is 19.4 Å². The predicted octanol–water partition coefficient (Wildman–Crippen LogP) is 3.37. The normalized spacial score (nSPS) is 11.2. The van der Waals surface area contributed by atoms with E-state index in [1.54, 1.807) is 20.0 Å². The average Bonchev–Trinajstić information content (AvgIpc) is 2.92. The Morgan fingerprint density at radius 1 is 1.48 bits per heavy atom. The lowest BCUT2D eigenvalue weighted by Gasteiger charge is -2.24. The van der Waals surface area contributed by atoms with Crippen LogP contribution in [0.5, 0.6) is 0 Å². The molecule has 8 heteroatoms. The molecule has 0 spiro atoms. The second kappa shape index (κ2) is 5.79. The van der Waals surface area contributed by atoms with Crippen molar-refractivity contribution in [1.82, 2.24) is 10.3 Å². The van der Waals surface area contributed by atoms with Crippen LogP contribution in [0.15, 0.2) is 29.8 Å². The topological polar surface area (TPSA) is 85.1 Å². The van der Waals surface area contributed by atoms with E-state index in [2.05, 4.69) is 10.3 Å². The van der Waals surface area contributed by atoms with Crippen LogP contribution < -0.4 is 5.32 Å². The fourth-order valence-corrected chi connectivity index (χ4v) is 2.77. The Bertz CT molecular complexity index is 686. The van der Waals surface area contributed by atoms with Crippen molar-refractivity contribution in [3.63, 3.8) is 0 Å². The zero-order valence-corrected chi connectivity index (χ0v) is 12.9. The third-order valence-electron chi connectivity index (χ3n) is 2.81. The van der Waals surface area contributed by atoms with Gasteiger partial charge in [-0.2, -0.15) is 0 Å². The third-order valence-corrected chi connectivity index (χ3v) is 4.31. The molecule has 2 aromatic rings. The molecule has 1 heterocycles. The number of nitrogens with zero attached hydrogens (tertiary/aromatic N) is 2. The zero-order chi connectivity index (χ0) is 15.6. The van der Waals surface area contributed by atoms with Gasteiger partial charge in [-0.05, 0) is 19.9 Å². The van der Waals surface area contributed by atoms with E-state index in [4.69, 9.17) is 11.6 Å². The van der Waals surface area contributed by atoms with Crippen molar-refractivity contribution >= 4 is 34.5 Å². The molecule has 0 saturated heterocycles. The van der Waals surface area contributed by atoms with Crippen LogP contribution in [0.3, 0.4) is 0 Å². The third kappa shape index (κ3) is 3.20. The van der Waals surface area contributed by atoms with E-state index in [-0.39, 0.29) is 16.3 Å². The molecule has 0 unspecified atom stereocenters. The Kier molecular flexibility index (Phi) is 4.24. The largest absolute Gasteiger partial charge is 0.341 e. The van der Waals surface area contributed by atoms with Crippen molar-refractivity contribution in [3.05, 3.63) is 55.5 Å². The van der Waals surface area contributed by atoms with Crippen LogP contribution in [-0.4, -0.2) is 15.8 Å². The van der Waals surface area contributed by atoms with E-state index in [1.807, 2.05) is 5.38 Å². The maximum absolute atomic E-state index is 12.3. The van der Waals surface area contributed by atoms with Crippen molar-refractivity contribution in [2.75, 3.05) is 0 Å². The molecule has 2 rings (SSSR count). The molecule has 1 amide bonds. The number of amides is 1. The van der Waals surface area contributed by atoms with Crippen molar-refractivity contribution in [2.24, 2.45) is 0 Å². The van der Waals surface area contributed by atoms with Gasteiger partial charge in [0.1, 0.15) is 10.0 Å². The van der Waals surface area contributed by atoms with Crippen molar-refractivity contribution in [1.29, 1.82) is 0 Å². The van der Waals surface area contributed by atoms with Crippen LogP contribution in [0.2, 0.25) is 5.02 Å². The minimum Gasteiger partial charge on any atom is -0.341 e. The Morgan fingerprint density at radius 3 is 2.76 bits per heavy atom. The number of hydrogen-bond acceptors (Lipinski definition) is 5. The Hall–Kier alpha value is -1.99. The number of nitrogens with one attached hydrogen (secondary N) is 1. The fraction of sp³-hybridized carbons (Fsp3) is 0.231. The lowest BCUT2D eigenvalue weighted by atomic mass is 10.1. The number of thiazole rings is 1. The highest BCUT2D eigenvalue weighted by Gasteiger charge is 2.28. The van der Waals surface area contributed by atoms with Crippen LogP contribution in [0.1, 0.15) is 29.2 Å². The second-order valence-electron chi connectivity index (χ2n) is 4.81. The standard InChI is InChI=1S/C13H12ClN3O3S/c1-13(2,12-15-6-7-21-12)16-11(18)8-4-3-5-9(10(8)14)17(19)20/h3-7H,1-2H3,(H,16,18). The maximum atomic E-state index is 12.3. The molecule has 0 atom stereocenters. The van der Waals surface area contributed by atoms with Gasteiger partial charge in [0.2, 0.25) is 0 Å². The lowest BCUT2D eigenvalue weighted by molar-refractivity contribution is -0.384. The molecule has 0 aliphatic rings. The first-order valence-electron chi connectivity index (χ1n) is 5.98. The van der Waals surface area contributed by atoms with Gasteiger partial charge in [-0.3, -0.25) is 14.9 Å². The summed E-state index contributed by atoms with van der Waals surface area (Å²) >= 11 is 7.35. The van der Waals surface area contributed by atoms with Crippen LogP contribution in [0, 0.1) is 10.1 Å². The van der Waals surface area contributed by atoms with Gasteiger partial charge in [0.05, 0.1) is 16.0 Å². The quantitative estimate of drug-likeness (QED) is 0.689. The number of hydrogen-bond donors (Lipinski definition) is 1. The summed E-state index contributed by atoms with van der Waals surface area (Å²) in [5, 5.41) is 16.0. The minimum atomic E-state index is -0.695. The predicted molar refractivity (Wildman–Crippen MR) is 80.7 cm³/mol. The summed E-state index contributed by atoms with van der Waals surface area (Å²) in [6, 6.07) is 4.13. The number of halogens is 1. The minimum absolute atomic E-state index is 0.0653. The van der Waals surface area contributed by atoms with E-state index < -0.39 is 16.4 Å². The number of carbonyl (C=O) groups is 1. The van der Waals surface area contributed by atoms with E-state index in [1.165, 1.54) is 29.5 Å². The van der Waals surface area contributed by atoms with Crippen molar-refractivity contribution < 1.29 is 9.72 Å². The Morgan fingerprint density at radius 2 is 2.19 bits per heavy atom. The highest BCUT2D eigenvalue weighted by Crippen LogP contribution is 2.29. The van der Waals surface area contributed by atoms with Gasteiger partial charge in [0.15, 0.2) is 0 Å². The molecule has 0 radical (unpaired) electrons. The first-order chi connectivity index (χ1) is 9.83. The van der Waals surface area contributed by atoms with E-state index in [0.29, 0.717) is 0 Å². The molecule has 1 N–H and O–H groups in total. The summed E-state index contributed by atoms with van der Waals surface area (Å²) < 4.78 is 0. The van der Waals surface area contributed by atoms with E-state index >= 15 is 0 Å². The monoisotopic (exact) mass is 325 g/mol. The van der Waals surface area contributed by atoms with Gasteiger partial charge >= 0.3 is 0 Å². The Labute approximate surface area is 129 Å². The molecule has 0 aliphatic carbocycles. The number of aromatic nitrogens is 1. The van der Waals surface area contributed by atoms with Crippen LogP contribution in [0.4, 0.5) is 5.69 Å². The van der Waals surface area contributed by atoms with Gasteiger partial charge in [-0.15, -0.1) is 11.3 Å². The van der Waals surface area contributed by atoms with Gasteiger partial charge in [-0.25, -0.2) is 4.98 Å². The fourth-order valence-electron chi connectivity index (χ4n) is 1.77. The van der Waals surface area contributed by atoms with Crippen molar-refractivity contribution in [3.8, 4) is 0 Å². The van der Waals surface area contributed by atoms with Gasteiger partial charge in [-0.1, -0.05) is 17.7 Å². The van der Waals surface area contributed by atoms with Gasteiger partial charge in [0.25, 0.3) is 11.6 Å². The van der Waals surface area contributed by atoms with Crippen LogP contribution in [0.25, 0.3) is 0 Å². The summed E-state index contributed by atoms with van der Waals surface area (Å²) in [5.41, 5.74) is -0.925. The smallest absolute Gasteiger partial charge is 0.288 e. The SMILES string of the molecule is CC(C)(NC(=O)c1cccc([N+](=O)[O-])c1Cl)c1nccs1. The van der Waals surface area contributed by atoms with E-state index in [0.717, 1.165) is 5.01 Å². The molecule has 6 nitrogen and oxygen atoms in total. The molecular formula is C13H12ClN3O3S. The number of rotatable bonds is 4. The van der Waals surface area contributed by atoms with Crippen LogP contribution in [-0.2, 0) is 5.54 Å². The average molecular weight is 326 g/mol. The molecule has 1 aromatic heterocycles. The number of carbonyl (C=O) groups excluding carboxylic acids is 1. The summed E-state index contributed by atoms with van der Waals surface area (Å²) in [4.78, 5) is 26.7. The lowest BCUT2D eigenvalue weighted by Crippen LogP contribution is -2.41. The number of nitro groups is 1. The van der Waals surface area contributed by atoms with E-state index in [9.17, 15) is 14.9 Å². The molecular weight excluding hydrogens is 314 g/mol. The molecule has 110 valence electrons. The number of benzene rings is 1. The van der Waals surface area contributed by atoms with Crippen LogP contribution >= 0.6 is 22.9 Å². The van der Waals surface area contributed by atoms with Gasteiger partial charge < -0.3 is 5.32 Å². The molecule has 0 aliphatic heterocycles. The summed E-state index contributed by atoms with van der Waals surface area (Å²) in [6.07, 6.45) is 1.65. The highest BCUT2D eigenvalue weighted by molar-refractivity contribution is 7.09.